The van der Waals surface area contributed by atoms with Crippen LogP contribution in [0.4, 0.5) is 5.69 Å². The average molecular weight is 329 g/mol. The molecular formula is C15H18Cl2N2O2. The summed E-state index contributed by atoms with van der Waals surface area (Å²) in [5, 5.41) is 6.93. The molecule has 1 saturated carbocycles. The van der Waals surface area contributed by atoms with Gasteiger partial charge < -0.3 is 15.4 Å². The van der Waals surface area contributed by atoms with Crippen molar-refractivity contribution in [3.63, 3.8) is 0 Å². The fraction of sp³-hybridized carbons (Fsp3) is 0.533. The molecule has 1 aliphatic carbocycles. The number of carbonyl (C=O) groups is 1. The Morgan fingerprint density at radius 3 is 2.62 bits per heavy atom. The van der Waals surface area contributed by atoms with Crippen LogP contribution >= 0.6 is 23.2 Å². The van der Waals surface area contributed by atoms with Crippen LogP contribution in [0, 0.1) is 5.92 Å². The SMILES string of the molecule is O=C(CNC1CCOC1C1CC1)Nc1c(Cl)cccc1Cl. The third kappa shape index (κ3) is 3.69. The minimum Gasteiger partial charge on any atom is -0.376 e. The van der Waals surface area contributed by atoms with Crippen molar-refractivity contribution in [3.05, 3.63) is 28.2 Å². The highest BCUT2D eigenvalue weighted by Crippen LogP contribution is 2.38. The van der Waals surface area contributed by atoms with Crippen LogP contribution < -0.4 is 10.6 Å². The first kappa shape index (κ1) is 15.1. The van der Waals surface area contributed by atoms with E-state index in [0.29, 0.717) is 21.7 Å². The van der Waals surface area contributed by atoms with Crippen molar-refractivity contribution >= 4 is 34.8 Å². The molecule has 0 radical (unpaired) electrons. The molecule has 114 valence electrons. The Morgan fingerprint density at radius 1 is 1.24 bits per heavy atom. The van der Waals surface area contributed by atoms with E-state index >= 15 is 0 Å². The normalized spacial score (nSPS) is 25.0. The second kappa shape index (κ2) is 6.53. The highest BCUT2D eigenvalue weighted by Gasteiger charge is 2.40. The van der Waals surface area contributed by atoms with E-state index in [9.17, 15) is 4.79 Å². The van der Waals surface area contributed by atoms with Gasteiger partial charge in [0.1, 0.15) is 0 Å². The maximum absolute atomic E-state index is 12.0. The van der Waals surface area contributed by atoms with E-state index in [4.69, 9.17) is 27.9 Å². The molecule has 1 aromatic rings. The molecule has 3 rings (SSSR count). The number of para-hydroxylation sites is 1. The summed E-state index contributed by atoms with van der Waals surface area (Å²) in [6, 6.07) is 5.41. The van der Waals surface area contributed by atoms with Crippen LogP contribution in [0.15, 0.2) is 18.2 Å². The Hall–Kier alpha value is -0.810. The van der Waals surface area contributed by atoms with Crippen molar-refractivity contribution in [3.8, 4) is 0 Å². The molecule has 2 fully saturated rings. The van der Waals surface area contributed by atoms with Crippen LogP contribution in [0.1, 0.15) is 19.3 Å². The maximum atomic E-state index is 12.0. The van der Waals surface area contributed by atoms with Gasteiger partial charge in [0.25, 0.3) is 0 Å². The van der Waals surface area contributed by atoms with Gasteiger partial charge in [-0.25, -0.2) is 0 Å². The standard InChI is InChI=1S/C15H18Cl2N2O2/c16-10-2-1-3-11(17)14(10)19-13(20)8-18-12-6-7-21-15(12)9-4-5-9/h1-3,9,12,15,18H,4-8H2,(H,19,20). The number of hydrogen-bond donors (Lipinski definition) is 2. The molecule has 2 unspecified atom stereocenters. The van der Waals surface area contributed by atoms with Crippen LogP contribution in [-0.4, -0.2) is 31.2 Å². The summed E-state index contributed by atoms with van der Waals surface area (Å²) in [6.45, 7) is 1.01. The number of ether oxygens (including phenoxy) is 1. The van der Waals surface area contributed by atoms with Gasteiger partial charge in [-0.05, 0) is 37.3 Å². The van der Waals surface area contributed by atoms with Crippen molar-refractivity contribution in [2.24, 2.45) is 5.92 Å². The minimum absolute atomic E-state index is 0.147. The first-order valence-electron chi connectivity index (χ1n) is 7.24. The lowest BCUT2D eigenvalue weighted by Crippen LogP contribution is -2.41. The monoisotopic (exact) mass is 328 g/mol. The van der Waals surface area contributed by atoms with E-state index in [2.05, 4.69) is 10.6 Å². The number of anilines is 1. The number of halogens is 2. The summed E-state index contributed by atoms with van der Waals surface area (Å²) in [7, 11) is 0. The molecule has 2 atom stereocenters. The molecule has 1 amide bonds. The van der Waals surface area contributed by atoms with Crippen molar-refractivity contribution in [1.29, 1.82) is 0 Å². The van der Waals surface area contributed by atoms with Crippen LogP contribution in [0.5, 0.6) is 0 Å². The van der Waals surface area contributed by atoms with Gasteiger partial charge in [-0.15, -0.1) is 0 Å². The van der Waals surface area contributed by atoms with Gasteiger partial charge in [0, 0.05) is 12.6 Å². The van der Waals surface area contributed by atoms with E-state index in [0.717, 1.165) is 13.0 Å². The summed E-state index contributed by atoms with van der Waals surface area (Å²) in [5.74, 6) is 0.525. The highest BCUT2D eigenvalue weighted by molar-refractivity contribution is 6.39. The van der Waals surface area contributed by atoms with Crippen LogP contribution in [0.3, 0.4) is 0 Å². The lowest BCUT2D eigenvalue weighted by Gasteiger charge is -2.19. The van der Waals surface area contributed by atoms with E-state index in [-0.39, 0.29) is 24.6 Å². The predicted molar refractivity (Wildman–Crippen MR) is 84.0 cm³/mol. The Bertz CT molecular complexity index is 514. The smallest absolute Gasteiger partial charge is 0.238 e. The summed E-state index contributed by atoms with van der Waals surface area (Å²) in [6.07, 6.45) is 3.71. The summed E-state index contributed by atoms with van der Waals surface area (Å²) in [5.41, 5.74) is 0.467. The van der Waals surface area contributed by atoms with Gasteiger partial charge in [-0.2, -0.15) is 0 Å². The molecule has 0 bridgehead atoms. The van der Waals surface area contributed by atoms with Crippen molar-refractivity contribution < 1.29 is 9.53 Å². The molecule has 1 aliphatic heterocycles. The largest absolute Gasteiger partial charge is 0.376 e. The molecule has 21 heavy (non-hydrogen) atoms. The molecule has 2 N–H and O–H groups in total. The molecule has 1 aromatic carbocycles. The van der Waals surface area contributed by atoms with Crippen molar-refractivity contribution in [2.45, 2.75) is 31.4 Å². The number of benzene rings is 1. The Kier molecular flexibility index (Phi) is 4.69. The second-order valence-electron chi connectivity index (χ2n) is 5.59. The van der Waals surface area contributed by atoms with Gasteiger partial charge in [0.15, 0.2) is 0 Å². The van der Waals surface area contributed by atoms with Gasteiger partial charge in [0.05, 0.1) is 28.4 Å². The quantitative estimate of drug-likeness (QED) is 0.873. The zero-order chi connectivity index (χ0) is 14.8. The van der Waals surface area contributed by atoms with Crippen LogP contribution in [0.25, 0.3) is 0 Å². The molecule has 6 heteroatoms. The van der Waals surface area contributed by atoms with Crippen LogP contribution in [-0.2, 0) is 9.53 Å². The zero-order valence-corrected chi connectivity index (χ0v) is 13.1. The Labute approximate surface area is 134 Å². The van der Waals surface area contributed by atoms with E-state index < -0.39 is 0 Å². The highest BCUT2D eigenvalue weighted by atomic mass is 35.5. The lowest BCUT2D eigenvalue weighted by molar-refractivity contribution is -0.115. The Morgan fingerprint density at radius 2 is 1.95 bits per heavy atom. The Balaban J connectivity index is 1.52. The first-order valence-corrected chi connectivity index (χ1v) is 7.99. The van der Waals surface area contributed by atoms with E-state index in [1.54, 1.807) is 18.2 Å². The minimum atomic E-state index is -0.147. The third-order valence-corrected chi connectivity index (χ3v) is 4.60. The molecule has 0 spiro atoms. The summed E-state index contributed by atoms with van der Waals surface area (Å²) < 4.78 is 5.74. The number of rotatable bonds is 5. The lowest BCUT2D eigenvalue weighted by atomic mass is 10.1. The molecule has 4 nitrogen and oxygen atoms in total. The van der Waals surface area contributed by atoms with Gasteiger partial charge in [-0.3, -0.25) is 4.79 Å². The summed E-state index contributed by atoms with van der Waals surface area (Å²) in [4.78, 5) is 12.0. The third-order valence-electron chi connectivity index (χ3n) is 3.97. The first-order chi connectivity index (χ1) is 10.1. The molecular weight excluding hydrogens is 311 g/mol. The molecule has 2 aliphatic rings. The number of carbonyl (C=O) groups excluding carboxylic acids is 1. The zero-order valence-electron chi connectivity index (χ0n) is 11.6. The predicted octanol–water partition coefficient (Wildman–Crippen LogP) is 3.09. The van der Waals surface area contributed by atoms with E-state index in [1.165, 1.54) is 12.8 Å². The van der Waals surface area contributed by atoms with Crippen molar-refractivity contribution in [1.82, 2.24) is 5.32 Å². The molecule has 1 heterocycles. The van der Waals surface area contributed by atoms with Gasteiger partial charge >= 0.3 is 0 Å². The second-order valence-corrected chi connectivity index (χ2v) is 6.41. The van der Waals surface area contributed by atoms with Gasteiger partial charge in [0.2, 0.25) is 5.91 Å². The van der Waals surface area contributed by atoms with Crippen LogP contribution in [0.2, 0.25) is 10.0 Å². The molecule has 0 aromatic heterocycles. The maximum Gasteiger partial charge on any atom is 0.238 e. The number of nitrogens with one attached hydrogen (secondary N) is 2. The van der Waals surface area contributed by atoms with Gasteiger partial charge in [-0.1, -0.05) is 29.3 Å². The topological polar surface area (TPSA) is 50.4 Å². The fourth-order valence-electron chi connectivity index (χ4n) is 2.74. The fourth-order valence-corrected chi connectivity index (χ4v) is 3.24. The average Bonchev–Trinajstić information content (AvgIpc) is 3.19. The van der Waals surface area contributed by atoms with Crippen molar-refractivity contribution in [2.75, 3.05) is 18.5 Å². The van der Waals surface area contributed by atoms with E-state index in [1.807, 2.05) is 0 Å². The summed E-state index contributed by atoms with van der Waals surface area (Å²) >= 11 is 12.1. The molecule has 1 saturated heterocycles. The number of amides is 1. The number of hydrogen-bond acceptors (Lipinski definition) is 3.